The number of sulfonamides is 1. The van der Waals surface area contributed by atoms with Crippen LogP contribution in [0.5, 0.6) is 0 Å². The number of carbonyl (C=O) groups is 2. The van der Waals surface area contributed by atoms with Gasteiger partial charge in [-0.2, -0.15) is 4.31 Å². The zero-order valence-corrected chi connectivity index (χ0v) is 18.0. The molecule has 0 N–H and O–H groups in total. The van der Waals surface area contributed by atoms with Gasteiger partial charge in [0.15, 0.2) is 0 Å². The molecule has 2 aliphatic heterocycles. The van der Waals surface area contributed by atoms with E-state index in [0.717, 1.165) is 12.0 Å². The Kier molecular flexibility index (Phi) is 6.67. The Labute approximate surface area is 171 Å². The summed E-state index contributed by atoms with van der Waals surface area (Å²) >= 11 is 1.23. The first-order valence-corrected chi connectivity index (χ1v) is 12.0. The molecule has 2 saturated heterocycles. The first-order valence-electron chi connectivity index (χ1n) is 9.62. The van der Waals surface area contributed by atoms with Gasteiger partial charge in [-0.05, 0) is 30.0 Å². The van der Waals surface area contributed by atoms with Crippen LogP contribution in [-0.4, -0.2) is 78.7 Å². The Bertz CT molecular complexity index is 818. The molecule has 0 aromatic heterocycles. The van der Waals surface area contributed by atoms with E-state index in [0.29, 0.717) is 36.2 Å². The standard InChI is InChI=1S/C19H27N3O4S2/c1-3-15(2)16-4-6-17(7-5-16)28(25,26)22-10-8-20(9-11-22)18(23)14-21-12-13-27-19(21)24/h4-7,15H,3,8-14H2,1-2H3/t15-/m0/s1. The van der Waals surface area contributed by atoms with Gasteiger partial charge in [0.05, 0.1) is 4.90 Å². The van der Waals surface area contributed by atoms with Crippen LogP contribution in [0.15, 0.2) is 29.2 Å². The molecular weight excluding hydrogens is 398 g/mol. The Hall–Kier alpha value is -1.58. The SMILES string of the molecule is CC[C@H](C)c1ccc(S(=O)(=O)N2CCN(C(=O)CN3CCSC3=O)CC2)cc1. The first kappa shape index (κ1) is 21.1. The maximum absolute atomic E-state index is 12.9. The van der Waals surface area contributed by atoms with Gasteiger partial charge >= 0.3 is 0 Å². The van der Waals surface area contributed by atoms with Crippen molar-refractivity contribution in [2.24, 2.45) is 0 Å². The van der Waals surface area contributed by atoms with Gasteiger partial charge in [-0.1, -0.05) is 37.7 Å². The molecule has 7 nitrogen and oxygen atoms in total. The quantitative estimate of drug-likeness (QED) is 0.698. The third-order valence-corrected chi connectivity index (χ3v) is 8.27. The number of thioether (sulfide) groups is 1. The van der Waals surface area contributed by atoms with Crippen LogP contribution in [0.1, 0.15) is 31.7 Å². The molecule has 9 heteroatoms. The zero-order valence-electron chi connectivity index (χ0n) is 16.3. The number of rotatable bonds is 6. The lowest BCUT2D eigenvalue weighted by Crippen LogP contribution is -2.52. The lowest BCUT2D eigenvalue weighted by atomic mass is 9.99. The highest BCUT2D eigenvalue weighted by atomic mass is 32.2. The molecule has 0 unspecified atom stereocenters. The van der Waals surface area contributed by atoms with E-state index < -0.39 is 10.0 Å². The van der Waals surface area contributed by atoms with Crippen LogP contribution < -0.4 is 0 Å². The number of benzene rings is 1. The summed E-state index contributed by atoms with van der Waals surface area (Å²) in [5.41, 5.74) is 1.13. The van der Waals surface area contributed by atoms with Crippen molar-refractivity contribution in [1.29, 1.82) is 0 Å². The maximum Gasteiger partial charge on any atom is 0.282 e. The molecule has 0 saturated carbocycles. The number of hydrogen-bond acceptors (Lipinski definition) is 5. The Morgan fingerprint density at radius 3 is 2.29 bits per heavy atom. The predicted molar refractivity (Wildman–Crippen MR) is 110 cm³/mol. The fourth-order valence-corrected chi connectivity index (χ4v) is 5.61. The van der Waals surface area contributed by atoms with Crippen molar-refractivity contribution in [2.75, 3.05) is 45.0 Å². The molecule has 3 rings (SSSR count). The Morgan fingerprint density at radius 2 is 1.75 bits per heavy atom. The predicted octanol–water partition coefficient (Wildman–Crippen LogP) is 2.20. The number of carbonyl (C=O) groups excluding carboxylic acids is 2. The summed E-state index contributed by atoms with van der Waals surface area (Å²) in [4.78, 5) is 27.5. The molecule has 0 spiro atoms. The molecule has 2 fully saturated rings. The molecule has 0 bridgehead atoms. The van der Waals surface area contributed by atoms with E-state index in [-0.39, 0.29) is 30.8 Å². The Morgan fingerprint density at radius 1 is 1.11 bits per heavy atom. The van der Waals surface area contributed by atoms with Crippen molar-refractivity contribution in [3.8, 4) is 0 Å². The summed E-state index contributed by atoms with van der Waals surface area (Å²) in [6, 6.07) is 7.10. The maximum atomic E-state index is 12.9. The van der Waals surface area contributed by atoms with Gasteiger partial charge in [-0.15, -0.1) is 0 Å². The topological polar surface area (TPSA) is 78.0 Å². The molecule has 1 aromatic carbocycles. The van der Waals surface area contributed by atoms with Gasteiger partial charge in [0.1, 0.15) is 6.54 Å². The van der Waals surface area contributed by atoms with Crippen molar-refractivity contribution in [2.45, 2.75) is 31.1 Å². The summed E-state index contributed by atoms with van der Waals surface area (Å²) in [6.07, 6.45) is 1.00. The van der Waals surface area contributed by atoms with Gasteiger partial charge in [-0.3, -0.25) is 9.59 Å². The fraction of sp³-hybridized carbons (Fsp3) is 0.579. The normalized spacial score (nSPS) is 19.9. The minimum atomic E-state index is -3.56. The van der Waals surface area contributed by atoms with Gasteiger partial charge in [0, 0.05) is 38.5 Å². The van der Waals surface area contributed by atoms with E-state index in [1.165, 1.54) is 16.1 Å². The summed E-state index contributed by atoms with van der Waals surface area (Å²) < 4.78 is 27.2. The van der Waals surface area contributed by atoms with Crippen molar-refractivity contribution >= 4 is 32.9 Å². The van der Waals surface area contributed by atoms with Gasteiger partial charge in [0.25, 0.3) is 5.24 Å². The van der Waals surface area contributed by atoms with Crippen molar-refractivity contribution in [1.82, 2.24) is 14.1 Å². The van der Waals surface area contributed by atoms with Crippen LogP contribution in [0.3, 0.4) is 0 Å². The van der Waals surface area contributed by atoms with E-state index >= 15 is 0 Å². The molecule has 0 aliphatic carbocycles. The van der Waals surface area contributed by atoms with Crippen LogP contribution in [0.25, 0.3) is 0 Å². The molecular formula is C19H27N3O4S2. The largest absolute Gasteiger partial charge is 0.339 e. The second kappa shape index (κ2) is 8.84. The molecule has 1 atom stereocenters. The minimum Gasteiger partial charge on any atom is -0.339 e. The zero-order chi connectivity index (χ0) is 20.3. The van der Waals surface area contributed by atoms with Crippen LogP contribution in [-0.2, 0) is 14.8 Å². The van der Waals surface area contributed by atoms with E-state index in [1.54, 1.807) is 21.9 Å². The fourth-order valence-electron chi connectivity index (χ4n) is 3.36. The molecule has 2 amide bonds. The number of piperazine rings is 1. The monoisotopic (exact) mass is 425 g/mol. The third-order valence-electron chi connectivity index (χ3n) is 5.46. The highest BCUT2D eigenvalue weighted by Gasteiger charge is 2.32. The molecule has 1 aromatic rings. The molecule has 2 aliphatic rings. The molecule has 28 heavy (non-hydrogen) atoms. The van der Waals surface area contributed by atoms with Gasteiger partial charge < -0.3 is 9.80 Å². The summed E-state index contributed by atoms with van der Waals surface area (Å²) in [5.74, 6) is 0.992. The van der Waals surface area contributed by atoms with E-state index in [4.69, 9.17) is 0 Å². The van der Waals surface area contributed by atoms with Crippen molar-refractivity contribution in [3.05, 3.63) is 29.8 Å². The minimum absolute atomic E-state index is 0.0598. The molecule has 2 heterocycles. The highest BCUT2D eigenvalue weighted by molar-refractivity contribution is 8.13. The second-order valence-corrected chi connectivity index (χ2v) is 10.2. The van der Waals surface area contributed by atoms with Gasteiger partial charge in [-0.25, -0.2) is 8.42 Å². The third kappa shape index (κ3) is 4.52. The van der Waals surface area contributed by atoms with Gasteiger partial charge in [0.2, 0.25) is 15.9 Å². The average molecular weight is 426 g/mol. The molecule has 0 radical (unpaired) electrons. The smallest absolute Gasteiger partial charge is 0.282 e. The summed E-state index contributed by atoms with van der Waals surface area (Å²) in [5, 5.41) is -0.0598. The Balaban J connectivity index is 1.58. The summed E-state index contributed by atoms with van der Waals surface area (Å²) in [7, 11) is -3.56. The number of hydrogen-bond donors (Lipinski definition) is 0. The average Bonchev–Trinajstić information content (AvgIpc) is 3.12. The lowest BCUT2D eigenvalue weighted by molar-refractivity contribution is -0.132. The summed E-state index contributed by atoms with van der Waals surface area (Å²) in [6.45, 7) is 6.12. The van der Waals surface area contributed by atoms with E-state index in [2.05, 4.69) is 13.8 Å². The van der Waals surface area contributed by atoms with E-state index in [9.17, 15) is 18.0 Å². The van der Waals surface area contributed by atoms with Crippen molar-refractivity contribution < 1.29 is 18.0 Å². The van der Waals surface area contributed by atoms with Crippen molar-refractivity contribution in [3.63, 3.8) is 0 Å². The lowest BCUT2D eigenvalue weighted by Gasteiger charge is -2.34. The number of amides is 2. The van der Waals surface area contributed by atoms with Crippen LogP contribution in [0.4, 0.5) is 4.79 Å². The first-order chi connectivity index (χ1) is 13.3. The second-order valence-electron chi connectivity index (χ2n) is 7.20. The molecule has 154 valence electrons. The number of nitrogens with zero attached hydrogens (tertiary/aromatic N) is 3. The van der Waals surface area contributed by atoms with Crippen LogP contribution >= 0.6 is 11.8 Å². The van der Waals surface area contributed by atoms with E-state index in [1.807, 2.05) is 12.1 Å². The van der Waals surface area contributed by atoms with Crippen LogP contribution in [0, 0.1) is 0 Å². The highest BCUT2D eigenvalue weighted by Crippen LogP contribution is 2.23. The van der Waals surface area contributed by atoms with Crippen LogP contribution in [0.2, 0.25) is 0 Å².